The molecule has 5 rings (SSSR count). The van der Waals surface area contributed by atoms with Crippen molar-refractivity contribution in [1.82, 2.24) is 0 Å². The topological polar surface area (TPSA) is 79.6 Å². The van der Waals surface area contributed by atoms with Crippen molar-refractivity contribution >= 4 is 52.3 Å². The lowest BCUT2D eigenvalue weighted by Crippen LogP contribution is -2.25. The molecule has 0 saturated heterocycles. The number of amides is 2. The largest absolute Gasteiger partial charge is 0.457 e. The van der Waals surface area contributed by atoms with Crippen LogP contribution in [0.3, 0.4) is 0 Å². The first kappa shape index (κ1) is 28.3. The molecule has 7 heteroatoms. The van der Waals surface area contributed by atoms with E-state index in [9.17, 15) is 14.4 Å². The fourth-order valence-electron chi connectivity index (χ4n) is 4.47. The Balaban J connectivity index is 1.42. The Morgan fingerprint density at radius 2 is 1.55 bits per heavy atom. The van der Waals surface area contributed by atoms with Crippen molar-refractivity contribution in [1.29, 1.82) is 0 Å². The van der Waals surface area contributed by atoms with Crippen LogP contribution in [0.5, 0.6) is 0 Å². The Morgan fingerprint density at radius 1 is 0.833 bits per heavy atom. The van der Waals surface area contributed by atoms with Gasteiger partial charge in [-0.2, -0.15) is 0 Å². The quantitative estimate of drug-likeness (QED) is 0.149. The average Bonchev–Trinajstić information content (AvgIpc) is 3.47. The monoisotopic (exact) mass is 574 g/mol. The van der Waals surface area contributed by atoms with Gasteiger partial charge in [-0.15, -0.1) is 0 Å². The molecule has 0 aliphatic rings. The van der Waals surface area contributed by atoms with E-state index >= 15 is 0 Å². The first-order valence-corrected chi connectivity index (χ1v) is 13.6. The molecule has 0 fully saturated rings. The van der Waals surface area contributed by atoms with E-state index in [2.05, 4.69) is 5.32 Å². The smallest absolute Gasteiger partial charge is 0.248 e. The number of hydrogen-bond acceptors (Lipinski definition) is 4. The second kappa shape index (κ2) is 12.5. The van der Waals surface area contributed by atoms with Gasteiger partial charge in [-0.25, -0.2) is 0 Å². The third kappa shape index (κ3) is 6.57. The first-order valence-electron chi connectivity index (χ1n) is 13.2. The number of nitrogens with zero attached hydrogens (tertiary/aromatic N) is 1. The summed E-state index contributed by atoms with van der Waals surface area (Å²) in [4.78, 5) is 40.9. The second-order valence-electron chi connectivity index (χ2n) is 9.65. The highest BCUT2D eigenvalue weighted by Gasteiger charge is 2.23. The predicted molar refractivity (Wildman–Crippen MR) is 167 cm³/mol. The van der Waals surface area contributed by atoms with E-state index in [1.165, 1.54) is 17.9 Å². The summed E-state index contributed by atoms with van der Waals surface area (Å²) in [6, 6.07) is 32.1. The minimum absolute atomic E-state index is 0.253. The predicted octanol–water partition coefficient (Wildman–Crippen LogP) is 8.48. The van der Waals surface area contributed by atoms with Crippen LogP contribution >= 0.6 is 11.6 Å². The van der Waals surface area contributed by atoms with Crippen LogP contribution in [0.15, 0.2) is 120 Å². The van der Waals surface area contributed by atoms with Crippen molar-refractivity contribution in [2.24, 2.45) is 0 Å². The van der Waals surface area contributed by atoms with Gasteiger partial charge in [-0.1, -0.05) is 59.6 Å². The summed E-state index contributed by atoms with van der Waals surface area (Å²) in [5, 5.41) is 3.44. The van der Waals surface area contributed by atoms with Crippen molar-refractivity contribution in [3.63, 3.8) is 0 Å². The minimum atomic E-state index is -0.410. The zero-order valence-electron chi connectivity index (χ0n) is 23.0. The Kier molecular flexibility index (Phi) is 8.46. The lowest BCUT2D eigenvalue weighted by molar-refractivity contribution is -0.116. The molecule has 0 spiro atoms. The molecule has 0 aliphatic heterocycles. The van der Waals surface area contributed by atoms with Gasteiger partial charge < -0.3 is 9.73 Å². The van der Waals surface area contributed by atoms with Crippen molar-refractivity contribution < 1.29 is 18.8 Å². The molecule has 42 heavy (non-hydrogen) atoms. The normalized spacial score (nSPS) is 10.9. The lowest BCUT2D eigenvalue weighted by Gasteiger charge is -2.24. The van der Waals surface area contributed by atoms with Crippen LogP contribution in [-0.2, 0) is 9.59 Å². The molecule has 0 unspecified atom stereocenters. The fraction of sp³-hybridized carbons (Fsp3) is 0.0571. The molecule has 1 heterocycles. The van der Waals surface area contributed by atoms with Crippen molar-refractivity contribution in [2.75, 3.05) is 10.2 Å². The van der Waals surface area contributed by atoms with Gasteiger partial charge in [0.1, 0.15) is 11.5 Å². The van der Waals surface area contributed by atoms with Gasteiger partial charge in [0.15, 0.2) is 5.78 Å². The number of aryl methyl sites for hydroxylation is 1. The van der Waals surface area contributed by atoms with Crippen LogP contribution in [0.1, 0.15) is 34.2 Å². The summed E-state index contributed by atoms with van der Waals surface area (Å²) in [6.07, 6.45) is 2.92. The molecule has 2 amide bonds. The van der Waals surface area contributed by atoms with Crippen molar-refractivity contribution in [3.8, 4) is 11.3 Å². The standard InChI is InChI=1S/C35H27ClN2O4/c1-23-8-15-29(16-9-23)38(24(2)39)32-19-14-28(22-31(32)35(41)26-6-4-3-5-7-26)37-34(40)21-18-30-17-20-33(42-30)25-10-12-27(36)13-11-25/h3-22H,1-2H3,(H,37,40)/b21-18-. The average molecular weight is 575 g/mol. The highest BCUT2D eigenvalue weighted by Crippen LogP contribution is 2.33. The molecule has 0 saturated carbocycles. The van der Waals surface area contributed by atoms with Crippen molar-refractivity contribution in [2.45, 2.75) is 13.8 Å². The maximum Gasteiger partial charge on any atom is 0.248 e. The van der Waals surface area contributed by atoms with Gasteiger partial charge in [-0.3, -0.25) is 19.3 Å². The zero-order valence-corrected chi connectivity index (χ0v) is 23.8. The number of carbonyl (C=O) groups is 3. The highest BCUT2D eigenvalue weighted by molar-refractivity contribution is 6.30. The first-order chi connectivity index (χ1) is 20.3. The minimum Gasteiger partial charge on any atom is -0.457 e. The molecule has 6 nitrogen and oxygen atoms in total. The summed E-state index contributed by atoms with van der Waals surface area (Å²) in [7, 11) is 0. The van der Waals surface area contributed by atoms with E-state index < -0.39 is 5.91 Å². The Morgan fingerprint density at radius 3 is 2.24 bits per heavy atom. The zero-order chi connectivity index (χ0) is 29.6. The lowest BCUT2D eigenvalue weighted by atomic mass is 9.99. The third-order valence-corrected chi connectivity index (χ3v) is 6.80. The third-order valence-electron chi connectivity index (χ3n) is 6.55. The number of rotatable bonds is 8. The van der Waals surface area contributed by atoms with Crippen LogP contribution in [0.25, 0.3) is 17.4 Å². The van der Waals surface area contributed by atoms with Crippen LogP contribution in [0.2, 0.25) is 5.02 Å². The SMILES string of the molecule is CC(=O)N(c1ccc(C)cc1)c1ccc(NC(=O)/C=C\c2ccc(-c3ccc(Cl)cc3)o2)cc1C(=O)c1ccccc1. The molecular weight excluding hydrogens is 548 g/mol. The molecule has 208 valence electrons. The Bertz CT molecular complexity index is 1770. The van der Waals surface area contributed by atoms with E-state index in [0.29, 0.717) is 39.2 Å². The number of halogens is 1. The fourth-order valence-corrected chi connectivity index (χ4v) is 4.60. The van der Waals surface area contributed by atoms with E-state index in [1.807, 2.05) is 55.5 Å². The number of hydrogen-bond donors (Lipinski definition) is 1. The number of anilines is 3. The molecule has 5 aromatic rings. The van der Waals surface area contributed by atoms with Gasteiger partial charge in [-0.05, 0) is 79.7 Å². The maximum absolute atomic E-state index is 13.7. The Hall–Kier alpha value is -5.20. The summed E-state index contributed by atoms with van der Waals surface area (Å²) in [5.74, 6) is 0.209. The molecule has 0 aliphatic carbocycles. The Labute approximate surface area is 248 Å². The van der Waals surface area contributed by atoms with Gasteiger partial charge in [0, 0.05) is 46.1 Å². The van der Waals surface area contributed by atoms with Crippen LogP contribution < -0.4 is 10.2 Å². The molecule has 4 aromatic carbocycles. The van der Waals surface area contributed by atoms with E-state index in [4.69, 9.17) is 16.0 Å². The number of benzene rings is 4. The maximum atomic E-state index is 13.7. The van der Waals surface area contributed by atoms with Gasteiger partial charge >= 0.3 is 0 Å². The van der Waals surface area contributed by atoms with Gasteiger partial charge in [0.25, 0.3) is 0 Å². The second-order valence-corrected chi connectivity index (χ2v) is 10.1. The molecule has 0 bridgehead atoms. The molecule has 1 aromatic heterocycles. The van der Waals surface area contributed by atoms with E-state index in [0.717, 1.165) is 11.1 Å². The van der Waals surface area contributed by atoms with Crippen LogP contribution in [-0.4, -0.2) is 17.6 Å². The summed E-state index contributed by atoms with van der Waals surface area (Å²) in [5.41, 5.74) is 4.10. The van der Waals surface area contributed by atoms with Gasteiger partial charge in [0.2, 0.25) is 11.8 Å². The molecule has 0 atom stereocenters. The summed E-state index contributed by atoms with van der Waals surface area (Å²) < 4.78 is 5.83. The summed E-state index contributed by atoms with van der Waals surface area (Å²) in [6.45, 7) is 3.41. The van der Waals surface area contributed by atoms with E-state index in [-0.39, 0.29) is 17.3 Å². The molecule has 1 N–H and O–H groups in total. The van der Waals surface area contributed by atoms with E-state index in [1.54, 1.807) is 66.7 Å². The van der Waals surface area contributed by atoms with Gasteiger partial charge in [0.05, 0.1) is 5.69 Å². The number of carbonyl (C=O) groups excluding carboxylic acids is 3. The van der Waals surface area contributed by atoms with Crippen molar-refractivity contribution in [3.05, 3.63) is 143 Å². The highest BCUT2D eigenvalue weighted by atomic mass is 35.5. The van der Waals surface area contributed by atoms with Crippen LogP contribution in [0, 0.1) is 6.92 Å². The molecule has 0 radical (unpaired) electrons. The number of furan rings is 1. The number of nitrogens with one attached hydrogen (secondary N) is 1. The molecular formula is C35H27ClN2O4. The number of ketones is 1. The summed E-state index contributed by atoms with van der Waals surface area (Å²) >= 11 is 5.96. The van der Waals surface area contributed by atoms with Crippen LogP contribution in [0.4, 0.5) is 17.1 Å².